The van der Waals surface area contributed by atoms with E-state index in [9.17, 15) is 4.79 Å². The maximum atomic E-state index is 12.0. The van der Waals surface area contributed by atoms with Gasteiger partial charge in [-0.1, -0.05) is 31.2 Å². The number of rotatable bonds is 7. The number of ether oxygens (including phenoxy) is 2. The third kappa shape index (κ3) is 4.65. The summed E-state index contributed by atoms with van der Waals surface area (Å²) >= 11 is 0. The van der Waals surface area contributed by atoms with E-state index in [0.717, 1.165) is 17.7 Å². The summed E-state index contributed by atoms with van der Waals surface area (Å²) in [5.74, 6) is 1.40. The molecule has 0 spiro atoms. The molecule has 2 aromatic rings. The zero-order valence-electron chi connectivity index (χ0n) is 14.4. The largest absolute Gasteiger partial charge is 0.493 e. The Bertz CT molecular complexity index is 686. The lowest BCUT2D eigenvalue weighted by Crippen LogP contribution is -2.30. The lowest BCUT2D eigenvalue weighted by atomic mass is 10.1. The van der Waals surface area contributed by atoms with Crippen LogP contribution in [0.2, 0.25) is 0 Å². The standard InChI is InChI=1S/C19H24N2O3/c1-4-14-7-5-9-16(13-14)21-19(22)20-12-11-15-8-6-10-17(23-2)18(15)24-3/h5-10,13H,4,11-12H2,1-3H3,(H2,20,21,22). The van der Waals surface area contributed by atoms with Crippen molar-refractivity contribution in [1.29, 1.82) is 0 Å². The van der Waals surface area contributed by atoms with Crippen LogP contribution in [0, 0.1) is 0 Å². The van der Waals surface area contributed by atoms with Crippen molar-refractivity contribution >= 4 is 11.7 Å². The van der Waals surface area contributed by atoms with Crippen LogP contribution in [0.15, 0.2) is 42.5 Å². The van der Waals surface area contributed by atoms with Gasteiger partial charge in [0.1, 0.15) is 0 Å². The van der Waals surface area contributed by atoms with Gasteiger partial charge in [-0.25, -0.2) is 4.79 Å². The van der Waals surface area contributed by atoms with Gasteiger partial charge in [-0.05, 0) is 42.2 Å². The zero-order valence-corrected chi connectivity index (χ0v) is 14.4. The highest BCUT2D eigenvalue weighted by atomic mass is 16.5. The summed E-state index contributed by atoms with van der Waals surface area (Å²) in [5.41, 5.74) is 2.98. The van der Waals surface area contributed by atoms with Crippen LogP contribution in [0.3, 0.4) is 0 Å². The van der Waals surface area contributed by atoms with E-state index in [-0.39, 0.29) is 6.03 Å². The number of methoxy groups -OCH3 is 2. The predicted molar refractivity (Wildman–Crippen MR) is 96.1 cm³/mol. The van der Waals surface area contributed by atoms with E-state index in [0.29, 0.717) is 24.5 Å². The fraction of sp³-hybridized carbons (Fsp3) is 0.316. The Balaban J connectivity index is 1.89. The van der Waals surface area contributed by atoms with Crippen molar-refractivity contribution in [2.45, 2.75) is 19.8 Å². The molecule has 0 aromatic heterocycles. The fourth-order valence-electron chi connectivity index (χ4n) is 2.51. The maximum Gasteiger partial charge on any atom is 0.319 e. The van der Waals surface area contributed by atoms with Gasteiger partial charge in [0.25, 0.3) is 0 Å². The summed E-state index contributed by atoms with van der Waals surface area (Å²) < 4.78 is 10.7. The van der Waals surface area contributed by atoms with Crippen molar-refractivity contribution in [1.82, 2.24) is 5.32 Å². The van der Waals surface area contributed by atoms with Crippen LogP contribution in [0.4, 0.5) is 10.5 Å². The Labute approximate surface area is 143 Å². The van der Waals surface area contributed by atoms with Crippen molar-refractivity contribution in [3.05, 3.63) is 53.6 Å². The number of hydrogen-bond donors (Lipinski definition) is 2. The average Bonchev–Trinajstić information content (AvgIpc) is 2.61. The van der Waals surface area contributed by atoms with E-state index in [1.165, 1.54) is 5.56 Å². The first-order valence-corrected chi connectivity index (χ1v) is 8.01. The summed E-state index contributed by atoms with van der Waals surface area (Å²) in [6.45, 7) is 2.59. The second-order valence-electron chi connectivity index (χ2n) is 5.34. The van der Waals surface area contributed by atoms with Crippen molar-refractivity contribution < 1.29 is 14.3 Å². The number of para-hydroxylation sites is 1. The summed E-state index contributed by atoms with van der Waals surface area (Å²) in [5, 5.41) is 5.71. The predicted octanol–water partition coefficient (Wildman–Crippen LogP) is 3.63. The molecule has 2 aromatic carbocycles. The van der Waals surface area contributed by atoms with Gasteiger partial charge in [-0.3, -0.25) is 0 Å². The molecule has 0 bridgehead atoms. The first kappa shape index (κ1) is 17.7. The van der Waals surface area contributed by atoms with Crippen LogP contribution in [0.5, 0.6) is 11.5 Å². The SMILES string of the molecule is CCc1cccc(NC(=O)NCCc2cccc(OC)c2OC)c1. The van der Waals surface area contributed by atoms with E-state index in [1.807, 2.05) is 42.5 Å². The molecule has 0 aliphatic carbocycles. The molecule has 0 fully saturated rings. The van der Waals surface area contributed by atoms with Crippen LogP contribution in [0.25, 0.3) is 0 Å². The van der Waals surface area contributed by atoms with Gasteiger partial charge in [0, 0.05) is 12.2 Å². The smallest absolute Gasteiger partial charge is 0.319 e. The molecule has 0 unspecified atom stereocenters. The van der Waals surface area contributed by atoms with Crippen LogP contribution >= 0.6 is 0 Å². The lowest BCUT2D eigenvalue weighted by Gasteiger charge is -2.13. The second kappa shape index (κ2) is 8.82. The van der Waals surface area contributed by atoms with Crippen LogP contribution in [0.1, 0.15) is 18.1 Å². The fourth-order valence-corrected chi connectivity index (χ4v) is 2.51. The number of amides is 2. The van der Waals surface area contributed by atoms with Crippen molar-refractivity contribution in [3.8, 4) is 11.5 Å². The lowest BCUT2D eigenvalue weighted by molar-refractivity contribution is 0.252. The van der Waals surface area contributed by atoms with Crippen LogP contribution in [-0.2, 0) is 12.8 Å². The quantitative estimate of drug-likeness (QED) is 0.816. The minimum absolute atomic E-state index is 0.217. The highest BCUT2D eigenvalue weighted by molar-refractivity contribution is 5.89. The van der Waals surface area contributed by atoms with Gasteiger partial charge in [-0.15, -0.1) is 0 Å². The van der Waals surface area contributed by atoms with Gasteiger partial charge in [0.2, 0.25) is 0 Å². The second-order valence-corrected chi connectivity index (χ2v) is 5.34. The Morgan fingerprint density at radius 2 is 1.88 bits per heavy atom. The molecule has 0 heterocycles. The number of anilines is 1. The molecular weight excluding hydrogens is 304 g/mol. The molecule has 0 radical (unpaired) electrons. The van der Waals surface area contributed by atoms with Gasteiger partial charge in [0.15, 0.2) is 11.5 Å². The molecule has 2 amide bonds. The first-order valence-electron chi connectivity index (χ1n) is 8.01. The Morgan fingerprint density at radius 1 is 1.08 bits per heavy atom. The van der Waals surface area contributed by atoms with Crippen molar-refractivity contribution in [2.24, 2.45) is 0 Å². The number of urea groups is 1. The molecule has 2 N–H and O–H groups in total. The zero-order chi connectivity index (χ0) is 17.4. The van der Waals surface area contributed by atoms with Gasteiger partial charge >= 0.3 is 6.03 Å². The molecule has 5 heteroatoms. The molecule has 24 heavy (non-hydrogen) atoms. The van der Waals surface area contributed by atoms with E-state index in [4.69, 9.17) is 9.47 Å². The normalized spacial score (nSPS) is 10.1. The van der Waals surface area contributed by atoms with E-state index >= 15 is 0 Å². The van der Waals surface area contributed by atoms with Gasteiger partial charge in [0.05, 0.1) is 14.2 Å². The first-order chi connectivity index (χ1) is 11.7. The van der Waals surface area contributed by atoms with Crippen LogP contribution < -0.4 is 20.1 Å². The summed E-state index contributed by atoms with van der Waals surface area (Å²) in [6, 6.07) is 13.3. The Hall–Kier alpha value is -2.69. The molecule has 2 rings (SSSR count). The Morgan fingerprint density at radius 3 is 2.58 bits per heavy atom. The van der Waals surface area contributed by atoms with E-state index in [1.54, 1.807) is 14.2 Å². The topological polar surface area (TPSA) is 59.6 Å². The summed E-state index contributed by atoms with van der Waals surface area (Å²) in [6.07, 6.45) is 1.59. The molecular formula is C19H24N2O3. The van der Waals surface area contributed by atoms with E-state index in [2.05, 4.69) is 17.6 Å². The third-order valence-corrected chi connectivity index (χ3v) is 3.76. The highest BCUT2D eigenvalue weighted by Gasteiger charge is 2.09. The highest BCUT2D eigenvalue weighted by Crippen LogP contribution is 2.30. The molecule has 0 saturated carbocycles. The van der Waals surface area contributed by atoms with Crippen molar-refractivity contribution in [3.63, 3.8) is 0 Å². The molecule has 5 nitrogen and oxygen atoms in total. The minimum Gasteiger partial charge on any atom is -0.493 e. The summed E-state index contributed by atoms with van der Waals surface area (Å²) in [7, 11) is 3.22. The Kier molecular flexibility index (Phi) is 6.49. The number of aryl methyl sites for hydroxylation is 1. The molecule has 0 saturated heterocycles. The molecule has 0 aliphatic heterocycles. The number of benzene rings is 2. The monoisotopic (exact) mass is 328 g/mol. The minimum atomic E-state index is -0.217. The van der Waals surface area contributed by atoms with Crippen LogP contribution in [-0.4, -0.2) is 26.8 Å². The summed E-state index contributed by atoms with van der Waals surface area (Å²) in [4.78, 5) is 12.0. The molecule has 0 aliphatic rings. The number of nitrogens with one attached hydrogen (secondary N) is 2. The molecule has 128 valence electrons. The van der Waals surface area contributed by atoms with E-state index < -0.39 is 0 Å². The molecule has 0 atom stereocenters. The van der Waals surface area contributed by atoms with Gasteiger partial charge < -0.3 is 20.1 Å². The van der Waals surface area contributed by atoms with Gasteiger partial charge in [-0.2, -0.15) is 0 Å². The number of hydrogen-bond acceptors (Lipinski definition) is 3. The van der Waals surface area contributed by atoms with Crippen molar-refractivity contribution in [2.75, 3.05) is 26.1 Å². The maximum absolute atomic E-state index is 12.0. The number of carbonyl (C=O) groups is 1. The average molecular weight is 328 g/mol. The third-order valence-electron chi connectivity index (χ3n) is 3.76. The number of carbonyl (C=O) groups excluding carboxylic acids is 1.